The third-order valence-corrected chi connectivity index (χ3v) is 3.07. The molecule has 2 N–H and O–H groups in total. The van der Waals surface area contributed by atoms with Gasteiger partial charge in [-0.2, -0.15) is 8.42 Å². The fourth-order valence-electron chi connectivity index (χ4n) is 0.786. The molecule has 0 spiro atoms. The van der Waals surface area contributed by atoms with Crippen molar-refractivity contribution in [3.05, 3.63) is 0 Å². The zero-order chi connectivity index (χ0) is 9.41. The van der Waals surface area contributed by atoms with Crippen LogP contribution in [-0.4, -0.2) is 25.7 Å². The van der Waals surface area contributed by atoms with Crippen molar-refractivity contribution >= 4 is 16.0 Å². The number of hydrogen-bond acceptors (Lipinski definition) is 4. The SMILES string of the molecule is CCS(=O)(=O)OC1(C(N)=O)CC1. The highest BCUT2D eigenvalue weighted by Crippen LogP contribution is 2.40. The van der Waals surface area contributed by atoms with Crippen LogP contribution in [0.1, 0.15) is 19.8 Å². The van der Waals surface area contributed by atoms with Crippen molar-refractivity contribution in [1.82, 2.24) is 0 Å². The van der Waals surface area contributed by atoms with Crippen LogP contribution in [-0.2, 0) is 19.1 Å². The summed E-state index contributed by atoms with van der Waals surface area (Å²) in [5, 5.41) is 0. The molecule has 0 atom stereocenters. The van der Waals surface area contributed by atoms with Gasteiger partial charge in [-0.05, 0) is 19.8 Å². The van der Waals surface area contributed by atoms with Gasteiger partial charge in [-0.3, -0.25) is 8.98 Å². The van der Waals surface area contributed by atoms with E-state index >= 15 is 0 Å². The topological polar surface area (TPSA) is 86.5 Å². The molecule has 0 aromatic heterocycles. The van der Waals surface area contributed by atoms with Gasteiger partial charge in [0.1, 0.15) is 0 Å². The van der Waals surface area contributed by atoms with E-state index in [9.17, 15) is 13.2 Å². The number of carbonyl (C=O) groups excluding carboxylic acids is 1. The molecule has 0 bridgehead atoms. The van der Waals surface area contributed by atoms with E-state index in [-0.39, 0.29) is 5.75 Å². The Labute approximate surface area is 71.0 Å². The molecule has 0 heterocycles. The number of rotatable bonds is 4. The largest absolute Gasteiger partial charge is 0.367 e. The average Bonchev–Trinajstić information content (AvgIpc) is 2.69. The molecular formula is C6H11NO4S. The zero-order valence-corrected chi connectivity index (χ0v) is 7.56. The van der Waals surface area contributed by atoms with E-state index in [0.717, 1.165) is 0 Å². The molecule has 0 aromatic carbocycles. The molecule has 1 rings (SSSR count). The minimum Gasteiger partial charge on any atom is -0.367 e. The van der Waals surface area contributed by atoms with E-state index in [2.05, 4.69) is 4.18 Å². The summed E-state index contributed by atoms with van der Waals surface area (Å²) in [6.07, 6.45) is 0.809. The Balaban J connectivity index is 2.70. The molecule has 0 radical (unpaired) electrons. The van der Waals surface area contributed by atoms with Crippen molar-refractivity contribution < 1.29 is 17.4 Å². The molecule has 1 fully saturated rings. The predicted octanol–water partition coefficient (Wildman–Crippen LogP) is -0.629. The summed E-state index contributed by atoms with van der Waals surface area (Å²) in [5.74, 6) is -0.832. The maximum atomic E-state index is 10.9. The Hall–Kier alpha value is -0.620. The zero-order valence-electron chi connectivity index (χ0n) is 6.74. The van der Waals surface area contributed by atoms with Gasteiger partial charge in [0.25, 0.3) is 16.0 Å². The second kappa shape index (κ2) is 2.70. The second-order valence-corrected chi connectivity index (χ2v) is 4.65. The van der Waals surface area contributed by atoms with Gasteiger partial charge >= 0.3 is 0 Å². The van der Waals surface area contributed by atoms with Crippen molar-refractivity contribution in [3.63, 3.8) is 0 Å². The summed E-state index contributed by atoms with van der Waals surface area (Å²) < 4.78 is 26.5. The molecule has 0 unspecified atom stereocenters. The summed E-state index contributed by atoms with van der Waals surface area (Å²) in [4.78, 5) is 10.7. The van der Waals surface area contributed by atoms with E-state index in [1.54, 1.807) is 0 Å². The van der Waals surface area contributed by atoms with Crippen molar-refractivity contribution in [3.8, 4) is 0 Å². The first-order valence-corrected chi connectivity index (χ1v) is 5.23. The maximum Gasteiger partial charge on any atom is 0.268 e. The van der Waals surface area contributed by atoms with Gasteiger partial charge < -0.3 is 5.73 Å². The Morgan fingerprint density at radius 2 is 2.08 bits per heavy atom. The normalized spacial score (nSPS) is 20.4. The standard InChI is InChI=1S/C6H11NO4S/c1-2-12(9,10)11-6(3-4-6)5(7)8/h2-4H2,1H3,(H2,7,8). The van der Waals surface area contributed by atoms with Crippen molar-refractivity contribution in [1.29, 1.82) is 0 Å². The average molecular weight is 193 g/mol. The van der Waals surface area contributed by atoms with E-state index < -0.39 is 21.6 Å². The highest BCUT2D eigenvalue weighted by molar-refractivity contribution is 7.86. The van der Waals surface area contributed by atoms with Crippen LogP contribution < -0.4 is 5.73 Å². The molecule has 0 aromatic rings. The van der Waals surface area contributed by atoms with E-state index in [4.69, 9.17) is 5.73 Å². The van der Waals surface area contributed by atoms with Gasteiger partial charge in [-0.1, -0.05) is 0 Å². The summed E-state index contributed by atoms with van der Waals surface area (Å²) >= 11 is 0. The molecule has 6 heteroatoms. The summed E-state index contributed by atoms with van der Waals surface area (Å²) in [6, 6.07) is 0. The lowest BCUT2D eigenvalue weighted by Gasteiger charge is -2.10. The molecular weight excluding hydrogens is 182 g/mol. The highest BCUT2D eigenvalue weighted by Gasteiger charge is 2.53. The van der Waals surface area contributed by atoms with Crippen molar-refractivity contribution in [2.45, 2.75) is 25.4 Å². The van der Waals surface area contributed by atoms with Gasteiger partial charge in [0.05, 0.1) is 5.75 Å². The van der Waals surface area contributed by atoms with Crippen molar-refractivity contribution in [2.75, 3.05) is 5.75 Å². The van der Waals surface area contributed by atoms with Crippen LogP contribution in [0.4, 0.5) is 0 Å². The molecule has 12 heavy (non-hydrogen) atoms. The van der Waals surface area contributed by atoms with E-state index in [0.29, 0.717) is 12.8 Å². The lowest BCUT2D eigenvalue weighted by molar-refractivity contribution is -0.126. The molecule has 0 saturated heterocycles. The lowest BCUT2D eigenvalue weighted by atomic mass is 10.3. The summed E-state index contributed by atoms with van der Waals surface area (Å²) in [6.45, 7) is 1.45. The second-order valence-electron chi connectivity index (χ2n) is 2.79. The monoisotopic (exact) mass is 193 g/mol. The quantitative estimate of drug-likeness (QED) is 0.602. The van der Waals surface area contributed by atoms with Gasteiger partial charge in [0.2, 0.25) is 0 Å². The van der Waals surface area contributed by atoms with Crippen LogP contribution in [0.25, 0.3) is 0 Å². The van der Waals surface area contributed by atoms with Gasteiger partial charge in [0, 0.05) is 0 Å². The lowest BCUT2D eigenvalue weighted by Crippen LogP contribution is -2.35. The molecule has 1 aliphatic carbocycles. The minimum absolute atomic E-state index is 0.137. The summed E-state index contributed by atoms with van der Waals surface area (Å²) in [7, 11) is -3.56. The van der Waals surface area contributed by atoms with Crippen LogP contribution in [0.2, 0.25) is 0 Å². The molecule has 1 saturated carbocycles. The first-order chi connectivity index (χ1) is 5.42. The first-order valence-electron chi connectivity index (χ1n) is 3.65. The van der Waals surface area contributed by atoms with E-state index in [1.807, 2.05) is 0 Å². The first kappa shape index (κ1) is 9.47. The van der Waals surface area contributed by atoms with Gasteiger partial charge in [-0.25, -0.2) is 0 Å². The number of carbonyl (C=O) groups is 1. The highest BCUT2D eigenvalue weighted by atomic mass is 32.2. The third kappa shape index (κ3) is 1.75. The molecule has 0 aliphatic heterocycles. The van der Waals surface area contributed by atoms with E-state index in [1.165, 1.54) is 6.92 Å². The van der Waals surface area contributed by atoms with Crippen LogP contribution in [0.15, 0.2) is 0 Å². The van der Waals surface area contributed by atoms with Crippen molar-refractivity contribution in [2.24, 2.45) is 5.73 Å². The number of hydrogen-bond donors (Lipinski definition) is 1. The number of nitrogens with two attached hydrogens (primary N) is 1. The predicted molar refractivity (Wildman–Crippen MR) is 41.7 cm³/mol. The fourth-order valence-corrected chi connectivity index (χ4v) is 1.64. The maximum absolute atomic E-state index is 10.9. The van der Waals surface area contributed by atoms with Crippen LogP contribution in [0.3, 0.4) is 0 Å². The summed E-state index contributed by atoms with van der Waals surface area (Å²) in [5.41, 5.74) is 3.75. The Bertz CT molecular complexity index is 291. The molecule has 5 nitrogen and oxygen atoms in total. The molecule has 1 aliphatic rings. The Morgan fingerprint density at radius 3 is 2.33 bits per heavy atom. The Morgan fingerprint density at radius 1 is 1.58 bits per heavy atom. The number of primary amides is 1. The van der Waals surface area contributed by atoms with Crippen LogP contribution in [0, 0.1) is 0 Å². The fraction of sp³-hybridized carbons (Fsp3) is 0.833. The molecule has 70 valence electrons. The number of amides is 1. The molecule has 1 amide bonds. The van der Waals surface area contributed by atoms with Crippen LogP contribution >= 0.6 is 0 Å². The minimum atomic E-state index is -3.56. The van der Waals surface area contributed by atoms with Crippen LogP contribution in [0.5, 0.6) is 0 Å². The van der Waals surface area contributed by atoms with Gasteiger partial charge in [-0.15, -0.1) is 0 Å². The smallest absolute Gasteiger partial charge is 0.268 e. The van der Waals surface area contributed by atoms with Gasteiger partial charge in [0.15, 0.2) is 5.60 Å². The third-order valence-electron chi connectivity index (χ3n) is 1.79. The Kier molecular flexibility index (Phi) is 2.13.